The minimum Gasteiger partial charge on any atom is -0.383 e. The van der Waals surface area contributed by atoms with Crippen molar-refractivity contribution in [3.05, 3.63) is 47.0 Å². The molecule has 1 aliphatic rings. The Morgan fingerprint density at radius 1 is 1.33 bits per heavy atom. The maximum atomic E-state index is 13.3. The van der Waals surface area contributed by atoms with Crippen molar-refractivity contribution in [1.82, 2.24) is 9.97 Å². The average molecular weight is 286 g/mol. The molecule has 0 aliphatic heterocycles. The fourth-order valence-electron chi connectivity index (χ4n) is 2.28. The zero-order valence-electron chi connectivity index (χ0n) is 12.2. The molecule has 3 rings (SSSR count). The summed E-state index contributed by atoms with van der Waals surface area (Å²) in [4.78, 5) is 8.94. The SMILES string of the molecule is Cc1c(N)nc(C2CC2)nc1NC(C)c1cccc(F)c1. The van der Waals surface area contributed by atoms with Crippen LogP contribution in [0.2, 0.25) is 0 Å². The molecule has 0 radical (unpaired) electrons. The number of nitrogen functional groups attached to an aromatic ring is 1. The fraction of sp³-hybridized carbons (Fsp3) is 0.375. The average Bonchev–Trinajstić information content (AvgIpc) is 3.28. The van der Waals surface area contributed by atoms with Gasteiger partial charge in [0.05, 0.1) is 6.04 Å². The van der Waals surface area contributed by atoms with Crippen LogP contribution in [0.4, 0.5) is 16.0 Å². The van der Waals surface area contributed by atoms with Gasteiger partial charge in [-0.15, -0.1) is 0 Å². The Morgan fingerprint density at radius 3 is 2.76 bits per heavy atom. The molecule has 1 aliphatic carbocycles. The van der Waals surface area contributed by atoms with Crippen LogP contribution in [0, 0.1) is 12.7 Å². The van der Waals surface area contributed by atoms with Gasteiger partial charge in [-0.3, -0.25) is 0 Å². The van der Waals surface area contributed by atoms with Gasteiger partial charge >= 0.3 is 0 Å². The zero-order chi connectivity index (χ0) is 15.0. The van der Waals surface area contributed by atoms with Crippen molar-refractivity contribution in [1.29, 1.82) is 0 Å². The number of nitrogens with zero attached hydrogens (tertiary/aromatic N) is 2. The number of rotatable bonds is 4. The van der Waals surface area contributed by atoms with E-state index in [2.05, 4.69) is 15.3 Å². The molecule has 1 heterocycles. The number of hydrogen-bond donors (Lipinski definition) is 2. The third-order valence-corrected chi connectivity index (χ3v) is 3.85. The summed E-state index contributed by atoms with van der Waals surface area (Å²) in [7, 11) is 0. The maximum absolute atomic E-state index is 13.3. The van der Waals surface area contributed by atoms with Gasteiger partial charge in [0.25, 0.3) is 0 Å². The molecule has 3 N–H and O–H groups in total. The summed E-state index contributed by atoms with van der Waals surface area (Å²) < 4.78 is 13.3. The molecule has 2 aromatic rings. The van der Waals surface area contributed by atoms with E-state index in [0.29, 0.717) is 11.7 Å². The number of anilines is 2. The molecule has 21 heavy (non-hydrogen) atoms. The van der Waals surface area contributed by atoms with Crippen LogP contribution in [-0.4, -0.2) is 9.97 Å². The Kier molecular flexibility index (Phi) is 3.49. The minimum atomic E-state index is -0.237. The van der Waals surface area contributed by atoms with Crippen LogP contribution in [0.1, 0.15) is 48.7 Å². The predicted octanol–water partition coefficient (Wildman–Crippen LogP) is 3.56. The van der Waals surface area contributed by atoms with E-state index < -0.39 is 0 Å². The second-order valence-electron chi connectivity index (χ2n) is 5.64. The van der Waals surface area contributed by atoms with Gasteiger partial charge in [-0.25, -0.2) is 14.4 Å². The smallest absolute Gasteiger partial charge is 0.136 e. The van der Waals surface area contributed by atoms with E-state index in [1.165, 1.54) is 12.1 Å². The molecule has 1 fully saturated rings. The van der Waals surface area contributed by atoms with Crippen molar-refractivity contribution in [2.45, 2.75) is 38.6 Å². The van der Waals surface area contributed by atoms with Crippen molar-refractivity contribution >= 4 is 11.6 Å². The highest BCUT2D eigenvalue weighted by Gasteiger charge is 2.28. The summed E-state index contributed by atoms with van der Waals surface area (Å²) >= 11 is 0. The lowest BCUT2D eigenvalue weighted by Crippen LogP contribution is -2.12. The van der Waals surface area contributed by atoms with E-state index in [9.17, 15) is 4.39 Å². The van der Waals surface area contributed by atoms with Gasteiger partial charge in [-0.1, -0.05) is 12.1 Å². The number of aromatic nitrogens is 2. The first kappa shape index (κ1) is 13.8. The molecule has 4 nitrogen and oxygen atoms in total. The van der Waals surface area contributed by atoms with E-state index in [1.54, 1.807) is 6.07 Å². The molecule has 0 saturated heterocycles. The van der Waals surface area contributed by atoms with Crippen molar-refractivity contribution in [3.63, 3.8) is 0 Å². The summed E-state index contributed by atoms with van der Waals surface area (Å²) in [5.41, 5.74) is 7.68. The molecular formula is C16H19FN4. The second-order valence-corrected chi connectivity index (χ2v) is 5.64. The summed E-state index contributed by atoms with van der Waals surface area (Å²) in [6, 6.07) is 6.51. The van der Waals surface area contributed by atoms with E-state index in [-0.39, 0.29) is 11.9 Å². The van der Waals surface area contributed by atoms with Gasteiger partial charge in [-0.05, 0) is 44.4 Å². The van der Waals surface area contributed by atoms with Gasteiger partial charge in [0.1, 0.15) is 23.3 Å². The standard InChI is InChI=1S/C16H19FN4/c1-9-14(18)20-16(11-6-7-11)21-15(9)19-10(2)12-4-3-5-13(17)8-12/h3-5,8,10-11H,6-7H2,1-2H3,(H3,18,19,20,21). The lowest BCUT2D eigenvalue weighted by atomic mass is 10.1. The quantitative estimate of drug-likeness (QED) is 0.902. The van der Waals surface area contributed by atoms with Crippen LogP contribution in [0.5, 0.6) is 0 Å². The lowest BCUT2D eigenvalue weighted by molar-refractivity contribution is 0.623. The molecule has 1 aromatic carbocycles. The number of halogens is 1. The Hall–Kier alpha value is -2.17. The molecule has 1 saturated carbocycles. The van der Waals surface area contributed by atoms with E-state index >= 15 is 0 Å². The van der Waals surface area contributed by atoms with Crippen LogP contribution in [0.25, 0.3) is 0 Å². The van der Waals surface area contributed by atoms with Crippen molar-refractivity contribution in [2.24, 2.45) is 0 Å². The van der Waals surface area contributed by atoms with Crippen LogP contribution in [-0.2, 0) is 0 Å². The Morgan fingerprint density at radius 2 is 2.10 bits per heavy atom. The minimum absolute atomic E-state index is 0.0549. The molecule has 0 bridgehead atoms. The molecule has 1 atom stereocenters. The van der Waals surface area contributed by atoms with Gasteiger partial charge in [0.15, 0.2) is 0 Å². The fourth-order valence-corrected chi connectivity index (χ4v) is 2.28. The van der Waals surface area contributed by atoms with Crippen molar-refractivity contribution < 1.29 is 4.39 Å². The number of hydrogen-bond acceptors (Lipinski definition) is 4. The topological polar surface area (TPSA) is 63.8 Å². The Balaban J connectivity index is 1.86. The molecule has 1 aromatic heterocycles. The molecule has 0 spiro atoms. The van der Waals surface area contributed by atoms with Crippen LogP contribution in [0.3, 0.4) is 0 Å². The molecule has 0 amide bonds. The number of benzene rings is 1. The van der Waals surface area contributed by atoms with Crippen LogP contribution in [0.15, 0.2) is 24.3 Å². The van der Waals surface area contributed by atoms with Gasteiger partial charge in [0.2, 0.25) is 0 Å². The monoisotopic (exact) mass is 286 g/mol. The zero-order valence-corrected chi connectivity index (χ0v) is 12.2. The largest absolute Gasteiger partial charge is 0.383 e. The van der Waals surface area contributed by atoms with E-state index in [0.717, 1.165) is 35.6 Å². The second kappa shape index (κ2) is 5.31. The summed E-state index contributed by atoms with van der Waals surface area (Å²) in [6.07, 6.45) is 2.25. The van der Waals surface area contributed by atoms with Gasteiger partial charge < -0.3 is 11.1 Å². The van der Waals surface area contributed by atoms with Crippen molar-refractivity contribution in [2.75, 3.05) is 11.1 Å². The van der Waals surface area contributed by atoms with Gasteiger partial charge in [0, 0.05) is 11.5 Å². The highest BCUT2D eigenvalue weighted by Crippen LogP contribution is 2.39. The first-order chi connectivity index (χ1) is 10.0. The summed E-state index contributed by atoms with van der Waals surface area (Å²) in [6.45, 7) is 3.87. The van der Waals surface area contributed by atoms with Crippen LogP contribution >= 0.6 is 0 Å². The van der Waals surface area contributed by atoms with E-state index in [1.807, 2.05) is 19.9 Å². The molecule has 1 unspecified atom stereocenters. The molecule has 110 valence electrons. The first-order valence-electron chi connectivity index (χ1n) is 7.20. The Bertz CT molecular complexity index is 667. The highest BCUT2D eigenvalue weighted by molar-refractivity contribution is 5.56. The molecule has 5 heteroatoms. The third kappa shape index (κ3) is 2.96. The summed E-state index contributed by atoms with van der Waals surface area (Å²) in [5, 5.41) is 3.32. The third-order valence-electron chi connectivity index (χ3n) is 3.85. The maximum Gasteiger partial charge on any atom is 0.136 e. The van der Waals surface area contributed by atoms with Gasteiger partial charge in [-0.2, -0.15) is 0 Å². The molecular weight excluding hydrogens is 267 g/mol. The lowest BCUT2D eigenvalue weighted by Gasteiger charge is -2.18. The first-order valence-corrected chi connectivity index (χ1v) is 7.20. The van der Waals surface area contributed by atoms with Crippen molar-refractivity contribution in [3.8, 4) is 0 Å². The predicted molar refractivity (Wildman–Crippen MR) is 81.6 cm³/mol. The Labute approximate surface area is 123 Å². The van der Waals surface area contributed by atoms with E-state index in [4.69, 9.17) is 5.73 Å². The highest BCUT2D eigenvalue weighted by atomic mass is 19.1. The normalized spacial score (nSPS) is 15.8. The number of nitrogens with two attached hydrogens (primary N) is 1. The summed E-state index contributed by atoms with van der Waals surface area (Å²) in [5.74, 6) is 2.27. The van der Waals surface area contributed by atoms with Crippen LogP contribution < -0.4 is 11.1 Å². The number of nitrogens with one attached hydrogen (secondary N) is 1.